The minimum atomic E-state index is -1.20. The summed E-state index contributed by atoms with van der Waals surface area (Å²) in [5.41, 5.74) is 6.55. The van der Waals surface area contributed by atoms with Gasteiger partial charge in [-0.05, 0) is 25.2 Å². The van der Waals surface area contributed by atoms with E-state index in [4.69, 9.17) is 10.8 Å². The number of carbonyl (C=O) groups excluding carboxylic acids is 3. The first-order chi connectivity index (χ1) is 16.0. The summed E-state index contributed by atoms with van der Waals surface area (Å²) in [6, 6.07) is -4.25. The lowest BCUT2D eigenvalue weighted by atomic mass is 10.0. The van der Waals surface area contributed by atoms with E-state index >= 15 is 0 Å². The quantitative estimate of drug-likeness (QED) is 0.213. The molecular formula is C21H32N6O7. The Morgan fingerprint density at radius 1 is 1.24 bits per heavy atom. The second kappa shape index (κ2) is 12.1. The SMILES string of the molecule is CC(C)C(NC(=O)C1CCCN1C(=O)C(CCC(=O)O)NC(=O)C(N)Cc1cnc[nH]1)C(=O)O. The van der Waals surface area contributed by atoms with E-state index in [1.807, 2.05) is 0 Å². The highest BCUT2D eigenvalue weighted by Crippen LogP contribution is 2.20. The van der Waals surface area contributed by atoms with Crippen molar-refractivity contribution in [2.75, 3.05) is 6.54 Å². The first kappa shape index (κ1) is 26.8. The second-order valence-electron chi connectivity index (χ2n) is 8.64. The summed E-state index contributed by atoms with van der Waals surface area (Å²) in [7, 11) is 0. The third-order valence-corrected chi connectivity index (χ3v) is 5.66. The van der Waals surface area contributed by atoms with Gasteiger partial charge in [0.2, 0.25) is 17.7 Å². The molecule has 2 rings (SSSR count). The molecule has 188 valence electrons. The highest BCUT2D eigenvalue weighted by atomic mass is 16.4. The van der Waals surface area contributed by atoms with Crippen molar-refractivity contribution >= 4 is 29.7 Å². The van der Waals surface area contributed by atoms with Gasteiger partial charge in [0.25, 0.3) is 0 Å². The molecule has 7 N–H and O–H groups in total. The fourth-order valence-electron chi connectivity index (χ4n) is 3.80. The van der Waals surface area contributed by atoms with Gasteiger partial charge in [-0.2, -0.15) is 0 Å². The fraction of sp³-hybridized carbons (Fsp3) is 0.619. The minimum Gasteiger partial charge on any atom is -0.481 e. The molecule has 1 fully saturated rings. The summed E-state index contributed by atoms with van der Waals surface area (Å²) in [5.74, 6) is -4.57. The van der Waals surface area contributed by atoms with Crippen molar-refractivity contribution in [1.82, 2.24) is 25.5 Å². The molecule has 1 saturated heterocycles. The average Bonchev–Trinajstić information content (AvgIpc) is 3.45. The molecule has 1 aromatic rings. The summed E-state index contributed by atoms with van der Waals surface area (Å²) >= 11 is 0. The second-order valence-corrected chi connectivity index (χ2v) is 8.64. The van der Waals surface area contributed by atoms with Crippen LogP contribution in [0.3, 0.4) is 0 Å². The minimum absolute atomic E-state index is 0.131. The molecule has 3 amide bonds. The van der Waals surface area contributed by atoms with Crippen LogP contribution in [0.4, 0.5) is 0 Å². The number of carboxylic acids is 2. The van der Waals surface area contributed by atoms with Crippen molar-refractivity contribution < 1.29 is 34.2 Å². The zero-order chi connectivity index (χ0) is 25.4. The number of nitrogens with zero attached hydrogens (tertiary/aromatic N) is 2. The predicted molar refractivity (Wildman–Crippen MR) is 118 cm³/mol. The third kappa shape index (κ3) is 7.27. The van der Waals surface area contributed by atoms with Gasteiger partial charge in [-0.3, -0.25) is 19.2 Å². The molecule has 13 heteroatoms. The Balaban J connectivity index is 2.12. The lowest BCUT2D eigenvalue weighted by Gasteiger charge is -2.30. The maximum Gasteiger partial charge on any atom is 0.326 e. The number of amides is 3. The van der Waals surface area contributed by atoms with Crippen molar-refractivity contribution in [3.05, 3.63) is 18.2 Å². The van der Waals surface area contributed by atoms with Crippen LogP contribution in [0.1, 0.15) is 45.2 Å². The number of likely N-dealkylation sites (tertiary alicyclic amines) is 1. The number of hydrogen-bond donors (Lipinski definition) is 6. The van der Waals surface area contributed by atoms with Crippen LogP contribution in [-0.4, -0.2) is 85.5 Å². The normalized spacial score (nSPS) is 18.2. The Hall–Kier alpha value is -3.48. The topological polar surface area (TPSA) is 208 Å². The zero-order valence-corrected chi connectivity index (χ0v) is 19.2. The summed E-state index contributed by atoms with van der Waals surface area (Å²) in [6.07, 6.45) is 3.33. The van der Waals surface area contributed by atoms with Gasteiger partial charge < -0.3 is 36.5 Å². The Morgan fingerprint density at radius 3 is 2.50 bits per heavy atom. The van der Waals surface area contributed by atoms with E-state index in [-0.39, 0.29) is 31.7 Å². The number of imidazole rings is 1. The van der Waals surface area contributed by atoms with E-state index in [0.29, 0.717) is 18.5 Å². The molecule has 1 aliphatic heterocycles. The van der Waals surface area contributed by atoms with E-state index in [0.717, 1.165) is 0 Å². The highest BCUT2D eigenvalue weighted by molar-refractivity contribution is 5.94. The number of aliphatic carboxylic acids is 2. The number of nitrogens with two attached hydrogens (primary N) is 1. The Kier molecular flexibility index (Phi) is 9.54. The molecule has 0 bridgehead atoms. The monoisotopic (exact) mass is 480 g/mol. The van der Waals surface area contributed by atoms with Crippen LogP contribution in [-0.2, 0) is 30.4 Å². The zero-order valence-electron chi connectivity index (χ0n) is 19.2. The van der Waals surface area contributed by atoms with Crippen LogP contribution in [0.25, 0.3) is 0 Å². The van der Waals surface area contributed by atoms with Crippen molar-refractivity contribution in [3.8, 4) is 0 Å². The molecule has 1 aliphatic rings. The van der Waals surface area contributed by atoms with Gasteiger partial charge in [-0.15, -0.1) is 0 Å². The van der Waals surface area contributed by atoms with E-state index in [1.54, 1.807) is 13.8 Å². The van der Waals surface area contributed by atoms with Crippen molar-refractivity contribution in [2.24, 2.45) is 11.7 Å². The molecule has 0 aliphatic carbocycles. The third-order valence-electron chi connectivity index (χ3n) is 5.66. The van der Waals surface area contributed by atoms with Gasteiger partial charge in [0.1, 0.15) is 18.1 Å². The smallest absolute Gasteiger partial charge is 0.326 e. The standard InChI is InChI=1S/C21H32N6O7/c1-11(2)17(21(33)34)26-19(31)15-4-3-7-27(15)20(32)14(5-6-16(28)29)25-18(30)13(22)8-12-9-23-10-24-12/h9-11,13-15,17H,3-8,22H2,1-2H3,(H,23,24)(H,25,30)(H,26,31)(H,28,29)(H,33,34). The van der Waals surface area contributed by atoms with E-state index in [2.05, 4.69) is 20.6 Å². The Bertz CT molecular complexity index is 888. The van der Waals surface area contributed by atoms with Gasteiger partial charge in [-0.1, -0.05) is 13.8 Å². The number of nitrogens with one attached hydrogen (secondary N) is 3. The summed E-state index contributed by atoms with van der Waals surface area (Å²) in [4.78, 5) is 69.2. The maximum atomic E-state index is 13.3. The number of carboxylic acid groups (broad SMARTS) is 2. The molecule has 0 saturated carbocycles. The van der Waals surface area contributed by atoms with E-state index in [9.17, 15) is 29.1 Å². The molecular weight excluding hydrogens is 448 g/mol. The van der Waals surface area contributed by atoms with Crippen molar-refractivity contribution in [2.45, 2.75) is 70.1 Å². The van der Waals surface area contributed by atoms with Gasteiger partial charge >= 0.3 is 11.9 Å². The molecule has 4 atom stereocenters. The molecule has 1 aromatic heterocycles. The Labute approximate surface area is 196 Å². The van der Waals surface area contributed by atoms with Crippen LogP contribution in [0.2, 0.25) is 0 Å². The number of carbonyl (C=O) groups is 5. The molecule has 0 radical (unpaired) electrons. The summed E-state index contributed by atoms with van der Waals surface area (Å²) in [5, 5.41) is 23.4. The molecule has 34 heavy (non-hydrogen) atoms. The van der Waals surface area contributed by atoms with Crippen molar-refractivity contribution in [3.63, 3.8) is 0 Å². The molecule has 2 heterocycles. The first-order valence-electron chi connectivity index (χ1n) is 11.1. The number of aromatic nitrogens is 2. The number of H-pyrrole nitrogens is 1. The molecule has 4 unspecified atom stereocenters. The van der Waals surface area contributed by atoms with Gasteiger partial charge in [0, 0.05) is 31.3 Å². The van der Waals surface area contributed by atoms with E-state index in [1.165, 1.54) is 17.4 Å². The van der Waals surface area contributed by atoms with Gasteiger partial charge in [0.15, 0.2) is 0 Å². The maximum absolute atomic E-state index is 13.3. The van der Waals surface area contributed by atoms with Gasteiger partial charge in [0.05, 0.1) is 12.4 Å². The largest absolute Gasteiger partial charge is 0.481 e. The summed E-state index contributed by atoms with van der Waals surface area (Å²) in [6.45, 7) is 3.52. The Morgan fingerprint density at radius 2 is 1.94 bits per heavy atom. The van der Waals surface area contributed by atoms with Gasteiger partial charge in [-0.25, -0.2) is 9.78 Å². The highest BCUT2D eigenvalue weighted by Gasteiger charge is 2.39. The predicted octanol–water partition coefficient (Wildman–Crippen LogP) is -1.15. The van der Waals surface area contributed by atoms with E-state index < -0.39 is 53.8 Å². The number of hydrogen-bond acceptors (Lipinski definition) is 7. The molecule has 13 nitrogen and oxygen atoms in total. The van der Waals surface area contributed by atoms with Crippen LogP contribution >= 0.6 is 0 Å². The van der Waals surface area contributed by atoms with Crippen LogP contribution < -0.4 is 16.4 Å². The van der Waals surface area contributed by atoms with Crippen molar-refractivity contribution in [1.29, 1.82) is 0 Å². The lowest BCUT2D eigenvalue weighted by molar-refractivity contribution is -0.146. The first-order valence-corrected chi connectivity index (χ1v) is 11.1. The fourth-order valence-corrected chi connectivity index (χ4v) is 3.80. The van der Waals surface area contributed by atoms with Crippen LogP contribution in [0.5, 0.6) is 0 Å². The molecule has 0 spiro atoms. The lowest BCUT2D eigenvalue weighted by Crippen LogP contribution is -2.57. The van der Waals surface area contributed by atoms with Crippen LogP contribution in [0, 0.1) is 5.92 Å². The molecule has 0 aromatic carbocycles. The van der Waals surface area contributed by atoms with Crippen LogP contribution in [0.15, 0.2) is 12.5 Å². The number of aromatic amines is 1. The summed E-state index contributed by atoms with van der Waals surface area (Å²) < 4.78 is 0. The number of rotatable bonds is 12. The average molecular weight is 481 g/mol.